The molecule has 1 aliphatic heterocycles. The Labute approximate surface area is 116 Å². The van der Waals surface area contributed by atoms with Crippen molar-refractivity contribution in [2.75, 3.05) is 19.6 Å². The van der Waals surface area contributed by atoms with Crippen molar-refractivity contribution in [3.8, 4) is 0 Å². The monoisotopic (exact) mass is 282 g/mol. The summed E-state index contributed by atoms with van der Waals surface area (Å²) in [5, 5.41) is 5.38. The van der Waals surface area contributed by atoms with Gasteiger partial charge in [-0.3, -0.25) is 9.59 Å². The summed E-state index contributed by atoms with van der Waals surface area (Å²) < 4.78 is 0. The van der Waals surface area contributed by atoms with E-state index in [0.29, 0.717) is 38.2 Å². The maximum absolute atomic E-state index is 12.4. The average molecular weight is 282 g/mol. The van der Waals surface area contributed by atoms with E-state index in [4.69, 9.17) is 5.73 Å². The molecule has 104 valence electrons. The van der Waals surface area contributed by atoms with E-state index < -0.39 is 0 Å². The lowest BCUT2D eigenvalue weighted by atomic mass is 10.1. The van der Waals surface area contributed by atoms with Gasteiger partial charge >= 0.3 is 0 Å². The van der Waals surface area contributed by atoms with Crippen molar-refractivity contribution in [2.45, 2.75) is 25.8 Å². The number of amides is 2. The second kappa shape index (κ2) is 6.12. The number of nitrogens with one attached hydrogen (secondary N) is 1. The van der Waals surface area contributed by atoms with E-state index in [9.17, 15) is 9.59 Å². The van der Waals surface area contributed by atoms with Crippen molar-refractivity contribution in [2.24, 2.45) is 5.73 Å². The van der Waals surface area contributed by atoms with Crippen LogP contribution in [0.4, 0.5) is 0 Å². The van der Waals surface area contributed by atoms with Crippen LogP contribution in [-0.4, -0.2) is 47.4 Å². The van der Waals surface area contributed by atoms with Crippen LogP contribution < -0.4 is 11.1 Å². The molecule has 0 spiro atoms. The standard InChI is InChI=1S/C12H18N4O2S/c1-2-9-11(17)14-5-6-16(9)12(18)8-7-19-10(15-8)3-4-13/h7,9H,2-6,13H2,1H3,(H,14,17)/t9-/m0/s1. The number of thiazole rings is 1. The number of nitrogens with two attached hydrogens (primary N) is 1. The fourth-order valence-corrected chi connectivity index (χ4v) is 2.95. The molecule has 1 aromatic heterocycles. The predicted octanol–water partition coefficient (Wildman–Crippen LogP) is -0.00510. The van der Waals surface area contributed by atoms with Crippen molar-refractivity contribution < 1.29 is 9.59 Å². The molecule has 0 saturated carbocycles. The van der Waals surface area contributed by atoms with Gasteiger partial charge in [-0.2, -0.15) is 0 Å². The Bertz CT molecular complexity index is 474. The highest BCUT2D eigenvalue weighted by Gasteiger charge is 2.32. The SMILES string of the molecule is CC[C@H]1C(=O)NCCN1C(=O)c1csc(CCN)n1. The van der Waals surface area contributed by atoms with Gasteiger partial charge in [0.2, 0.25) is 5.91 Å². The van der Waals surface area contributed by atoms with Gasteiger partial charge in [-0.1, -0.05) is 6.92 Å². The Hall–Kier alpha value is -1.47. The topological polar surface area (TPSA) is 88.3 Å². The van der Waals surface area contributed by atoms with Gasteiger partial charge in [0.15, 0.2) is 0 Å². The van der Waals surface area contributed by atoms with Crippen LogP contribution in [0.3, 0.4) is 0 Å². The molecule has 1 aliphatic rings. The molecule has 0 aromatic carbocycles. The number of nitrogens with zero attached hydrogens (tertiary/aromatic N) is 2. The molecule has 1 saturated heterocycles. The first-order valence-corrected chi connectivity index (χ1v) is 7.28. The zero-order chi connectivity index (χ0) is 13.8. The van der Waals surface area contributed by atoms with E-state index >= 15 is 0 Å². The molecule has 0 bridgehead atoms. The quantitative estimate of drug-likeness (QED) is 0.813. The zero-order valence-electron chi connectivity index (χ0n) is 10.9. The molecule has 6 nitrogen and oxygen atoms in total. The van der Waals surface area contributed by atoms with Crippen molar-refractivity contribution in [1.82, 2.24) is 15.2 Å². The molecule has 1 aromatic rings. The van der Waals surface area contributed by atoms with Gasteiger partial charge in [-0.15, -0.1) is 11.3 Å². The minimum Gasteiger partial charge on any atom is -0.353 e. The highest BCUT2D eigenvalue weighted by molar-refractivity contribution is 7.09. The summed E-state index contributed by atoms with van der Waals surface area (Å²) >= 11 is 1.44. The lowest BCUT2D eigenvalue weighted by Crippen LogP contribution is -2.56. The molecule has 19 heavy (non-hydrogen) atoms. The molecule has 2 heterocycles. The van der Waals surface area contributed by atoms with Gasteiger partial charge in [0.05, 0.1) is 5.01 Å². The third kappa shape index (κ3) is 2.93. The molecular formula is C12H18N4O2S. The lowest BCUT2D eigenvalue weighted by Gasteiger charge is -2.34. The van der Waals surface area contributed by atoms with Crippen LogP contribution in [0.1, 0.15) is 28.8 Å². The highest BCUT2D eigenvalue weighted by Crippen LogP contribution is 2.16. The first kappa shape index (κ1) is 14.0. The summed E-state index contributed by atoms with van der Waals surface area (Å²) in [6, 6.07) is -0.388. The summed E-state index contributed by atoms with van der Waals surface area (Å²) in [5.41, 5.74) is 5.89. The molecule has 0 aliphatic carbocycles. The van der Waals surface area contributed by atoms with E-state index in [1.54, 1.807) is 10.3 Å². The van der Waals surface area contributed by atoms with Crippen LogP contribution in [0.2, 0.25) is 0 Å². The fourth-order valence-electron chi connectivity index (χ4n) is 2.16. The van der Waals surface area contributed by atoms with Gasteiger partial charge in [0.1, 0.15) is 11.7 Å². The number of rotatable bonds is 4. The zero-order valence-corrected chi connectivity index (χ0v) is 11.7. The summed E-state index contributed by atoms with van der Waals surface area (Å²) in [4.78, 5) is 30.0. The Morgan fingerprint density at radius 1 is 1.68 bits per heavy atom. The molecule has 1 fully saturated rings. The van der Waals surface area contributed by atoms with Gasteiger partial charge in [0.25, 0.3) is 5.91 Å². The van der Waals surface area contributed by atoms with Crippen LogP contribution in [0.5, 0.6) is 0 Å². The van der Waals surface area contributed by atoms with Gasteiger partial charge < -0.3 is 16.0 Å². The van der Waals surface area contributed by atoms with Crippen LogP contribution in [0, 0.1) is 0 Å². The third-order valence-electron chi connectivity index (χ3n) is 3.11. The lowest BCUT2D eigenvalue weighted by molar-refractivity contribution is -0.127. The second-order valence-corrected chi connectivity index (χ2v) is 5.32. The maximum atomic E-state index is 12.4. The van der Waals surface area contributed by atoms with E-state index in [1.165, 1.54) is 11.3 Å². The molecule has 0 radical (unpaired) electrons. The third-order valence-corrected chi connectivity index (χ3v) is 4.02. The maximum Gasteiger partial charge on any atom is 0.274 e. The first-order valence-electron chi connectivity index (χ1n) is 6.40. The van der Waals surface area contributed by atoms with Crippen LogP contribution in [-0.2, 0) is 11.2 Å². The summed E-state index contributed by atoms with van der Waals surface area (Å²) in [7, 11) is 0. The van der Waals surface area contributed by atoms with Crippen molar-refractivity contribution in [3.63, 3.8) is 0 Å². The first-order chi connectivity index (χ1) is 9.17. The number of hydrogen-bond acceptors (Lipinski definition) is 5. The molecule has 1 atom stereocenters. The molecule has 7 heteroatoms. The minimum atomic E-state index is -0.388. The van der Waals surface area contributed by atoms with Gasteiger partial charge in [-0.25, -0.2) is 4.98 Å². The van der Waals surface area contributed by atoms with Gasteiger partial charge in [-0.05, 0) is 13.0 Å². The normalized spacial score (nSPS) is 19.4. The van der Waals surface area contributed by atoms with Crippen LogP contribution in [0.25, 0.3) is 0 Å². The smallest absolute Gasteiger partial charge is 0.274 e. The van der Waals surface area contributed by atoms with E-state index in [-0.39, 0.29) is 17.9 Å². The van der Waals surface area contributed by atoms with E-state index in [1.807, 2.05) is 6.92 Å². The predicted molar refractivity (Wildman–Crippen MR) is 73.0 cm³/mol. The fraction of sp³-hybridized carbons (Fsp3) is 0.583. The van der Waals surface area contributed by atoms with Gasteiger partial charge in [0, 0.05) is 24.9 Å². The van der Waals surface area contributed by atoms with Crippen molar-refractivity contribution in [1.29, 1.82) is 0 Å². The summed E-state index contributed by atoms with van der Waals surface area (Å²) in [6.45, 7) is 3.45. The average Bonchev–Trinajstić information content (AvgIpc) is 2.86. The molecular weight excluding hydrogens is 264 g/mol. The van der Waals surface area contributed by atoms with E-state index in [0.717, 1.165) is 5.01 Å². The highest BCUT2D eigenvalue weighted by atomic mass is 32.1. The Balaban J connectivity index is 2.14. The number of aromatic nitrogens is 1. The largest absolute Gasteiger partial charge is 0.353 e. The Kier molecular flexibility index (Phi) is 4.49. The Morgan fingerprint density at radius 2 is 2.47 bits per heavy atom. The Morgan fingerprint density at radius 3 is 3.16 bits per heavy atom. The number of carbonyl (C=O) groups is 2. The van der Waals surface area contributed by atoms with Crippen LogP contribution >= 0.6 is 11.3 Å². The number of hydrogen-bond donors (Lipinski definition) is 2. The summed E-state index contributed by atoms with van der Waals surface area (Å²) in [6.07, 6.45) is 1.28. The molecule has 2 amide bonds. The van der Waals surface area contributed by atoms with E-state index in [2.05, 4.69) is 10.3 Å². The molecule has 0 unspecified atom stereocenters. The summed E-state index contributed by atoms with van der Waals surface area (Å²) in [5.74, 6) is -0.249. The van der Waals surface area contributed by atoms with Crippen molar-refractivity contribution in [3.05, 3.63) is 16.1 Å². The van der Waals surface area contributed by atoms with Crippen molar-refractivity contribution >= 4 is 23.2 Å². The molecule has 3 N–H and O–H groups in total. The van der Waals surface area contributed by atoms with Crippen LogP contribution in [0.15, 0.2) is 5.38 Å². The number of carbonyl (C=O) groups excluding carboxylic acids is 2. The number of piperazine rings is 1. The second-order valence-electron chi connectivity index (χ2n) is 4.38. The molecule has 2 rings (SSSR count). The minimum absolute atomic E-state index is 0.0838.